The molecule has 0 bridgehead atoms. The van der Waals surface area contributed by atoms with E-state index < -0.39 is 11.9 Å². The number of fused-ring (bicyclic) bond motifs is 1. The maximum Gasteiger partial charge on any atom is 0.306 e. The summed E-state index contributed by atoms with van der Waals surface area (Å²) in [7, 11) is 4.60. The maximum atomic E-state index is 12.1. The van der Waals surface area contributed by atoms with Gasteiger partial charge in [0, 0.05) is 24.6 Å². The average molecular weight is 459 g/mol. The van der Waals surface area contributed by atoms with Crippen LogP contribution >= 0.6 is 11.3 Å². The molecule has 0 aliphatic heterocycles. The summed E-state index contributed by atoms with van der Waals surface area (Å²) in [4.78, 5) is 28.6. The number of hydrogen-bond acceptors (Lipinski definition) is 8. The second-order valence-corrected chi connectivity index (χ2v) is 8.00. The van der Waals surface area contributed by atoms with E-state index in [0.29, 0.717) is 35.7 Å². The number of aromatic nitrogens is 1. The molecule has 2 aromatic carbocycles. The van der Waals surface area contributed by atoms with Gasteiger partial charge in [-0.15, -0.1) is 11.3 Å². The molecule has 1 heterocycles. The number of benzene rings is 2. The van der Waals surface area contributed by atoms with Gasteiger partial charge in [-0.1, -0.05) is 12.1 Å². The van der Waals surface area contributed by atoms with Gasteiger partial charge in [-0.25, -0.2) is 4.98 Å². The van der Waals surface area contributed by atoms with Crippen LogP contribution in [-0.4, -0.2) is 44.8 Å². The third-order valence-electron chi connectivity index (χ3n) is 4.74. The molecule has 0 spiro atoms. The van der Waals surface area contributed by atoms with Gasteiger partial charge in [-0.3, -0.25) is 9.59 Å². The maximum absolute atomic E-state index is 12.1. The molecule has 0 aliphatic rings. The Hall–Kier alpha value is -3.33. The number of aryl methyl sites for hydroxylation is 1. The molecule has 3 rings (SSSR count). The van der Waals surface area contributed by atoms with E-state index in [0.717, 1.165) is 15.2 Å². The van der Waals surface area contributed by atoms with Gasteiger partial charge in [0.25, 0.3) is 5.91 Å². The summed E-state index contributed by atoms with van der Waals surface area (Å²) in [6, 6.07) is 11.3. The van der Waals surface area contributed by atoms with Crippen LogP contribution in [0.25, 0.3) is 10.2 Å². The predicted molar refractivity (Wildman–Crippen MR) is 121 cm³/mol. The van der Waals surface area contributed by atoms with E-state index in [1.165, 1.54) is 21.3 Å². The molecule has 1 aromatic heterocycles. The van der Waals surface area contributed by atoms with Crippen molar-refractivity contribution in [1.29, 1.82) is 0 Å². The van der Waals surface area contributed by atoms with Crippen molar-refractivity contribution in [3.05, 3.63) is 47.0 Å². The Balaban J connectivity index is 1.41. The Bertz CT molecular complexity index is 1050. The summed E-state index contributed by atoms with van der Waals surface area (Å²) in [6.07, 6.45) is 1.54. The zero-order chi connectivity index (χ0) is 22.9. The highest BCUT2D eigenvalue weighted by molar-refractivity contribution is 7.18. The summed E-state index contributed by atoms with van der Waals surface area (Å²) in [6.45, 7) is -0.146. The van der Waals surface area contributed by atoms with Crippen LogP contribution in [0.15, 0.2) is 36.4 Å². The van der Waals surface area contributed by atoms with E-state index in [1.807, 2.05) is 24.3 Å². The highest BCUT2D eigenvalue weighted by atomic mass is 32.1. The van der Waals surface area contributed by atoms with E-state index in [2.05, 4.69) is 10.3 Å². The predicted octanol–water partition coefficient (Wildman–Crippen LogP) is 3.50. The van der Waals surface area contributed by atoms with E-state index in [4.69, 9.17) is 18.9 Å². The zero-order valence-corrected chi connectivity index (χ0v) is 19.1. The lowest BCUT2D eigenvalue weighted by molar-refractivity contribution is -0.148. The Morgan fingerprint density at radius 2 is 1.72 bits per heavy atom. The normalized spacial score (nSPS) is 10.6. The van der Waals surface area contributed by atoms with Crippen molar-refractivity contribution in [2.45, 2.75) is 25.8 Å². The van der Waals surface area contributed by atoms with Crippen molar-refractivity contribution in [2.24, 2.45) is 0 Å². The van der Waals surface area contributed by atoms with Crippen LogP contribution in [0.3, 0.4) is 0 Å². The number of nitrogens with one attached hydrogen (secondary N) is 1. The molecule has 0 aliphatic carbocycles. The van der Waals surface area contributed by atoms with Crippen LogP contribution in [-0.2, 0) is 27.3 Å². The largest absolute Gasteiger partial charge is 0.496 e. The minimum absolute atomic E-state index is 0.192. The molecule has 0 atom stereocenters. The van der Waals surface area contributed by atoms with Gasteiger partial charge in [0.05, 0.1) is 36.6 Å². The van der Waals surface area contributed by atoms with Crippen molar-refractivity contribution in [3.8, 4) is 17.2 Å². The van der Waals surface area contributed by atoms with Crippen LogP contribution in [0, 0.1) is 0 Å². The fraction of sp³-hybridized carbons (Fsp3) is 0.348. The number of esters is 1. The van der Waals surface area contributed by atoms with E-state index >= 15 is 0 Å². The first-order valence-electron chi connectivity index (χ1n) is 10.1. The molecule has 1 amide bonds. The third kappa shape index (κ3) is 6.10. The molecule has 1 N–H and O–H groups in total. The molecule has 32 heavy (non-hydrogen) atoms. The monoisotopic (exact) mass is 458 g/mol. The molecule has 0 unspecified atom stereocenters. The van der Waals surface area contributed by atoms with Crippen LogP contribution in [0.2, 0.25) is 0 Å². The minimum Gasteiger partial charge on any atom is -0.496 e. The van der Waals surface area contributed by atoms with Crippen LogP contribution in [0.1, 0.15) is 23.4 Å². The molecular weight excluding hydrogens is 432 g/mol. The number of para-hydroxylation sites is 1. The summed E-state index contributed by atoms with van der Waals surface area (Å²) >= 11 is 1.63. The smallest absolute Gasteiger partial charge is 0.306 e. The van der Waals surface area contributed by atoms with Crippen molar-refractivity contribution in [3.63, 3.8) is 0 Å². The summed E-state index contributed by atoms with van der Waals surface area (Å²) in [5.41, 5.74) is 1.68. The quantitative estimate of drug-likeness (QED) is 0.439. The van der Waals surface area contributed by atoms with E-state index in [-0.39, 0.29) is 19.6 Å². The molecular formula is C23H26N2O6S. The summed E-state index contributed by atoms with van der Waals surface area (Å²) in [5, 5.41) is 3.70. The lowest BCUT2D eigenvalue weighted by atomic mass is 10.1. The molecule has 8 nitrogen and oxygen atoms in total. The number of carbonyl (C=O) groups is 2. The molecule has 170 valence electrons. The lowest BCUT2D eigenvalue weighted by Gasteiger charge is -2.14. The van der Waals surface area contributed by atoms with E-state index in [1.54, 1.807) is 23.5 Å². The molecule has 0 fully saturated rings. The number of rotatable bonds is 11. The molecule has 0 saturated carbocycles. The molecule has 3 aromatic rings. The third-order valence-corrected chi connectivity index (χ3v) is 5.83. The number of thiazole rings is 1. The van der Waals surface area contributed by atoms with Gasteiger partial charge in [-0.2, -0.15) is 0 Å². The molecule has 0 radical (unpaired) electrons. The van der Waals surface area contributed by atoms with Crippen molar-refractivity contribution >= 4 is 33.4 Å². The van der Waals surface area contributed by atoms with Gasteiger partial charge in [0.15, 0.2) is 18.1 Å². The van der Waals surface area contributed by atoms with Crippen molar-refractivity contribution in [1.82, 2.24) is 10.3 Å². The van der Waals surface area contributed by atoms with Crippen molar-refractivity contribution < 1.29 is 28.5 Å². The minimum atomic E-state index is -0.412. The standard InChI is InChI=1S/C23H26N2O6S/c1-28-17-12-19(30-3)18(29-2)11-15(17)13-24-21(26)14-31-23(27)10-6-9-22-25-16-7-4-5-8-20(16)32-22/h4-5,7-8,11-12H,6,9-10,13-14H2,1-3H3,(H,24,26). The Morgan fingerprint density at radius 1 is 1.00 bits per heavy atom. The summed E-state index contributed by atoms with van der Waals surface area (Å²) in [5.74, 6) is 0.789. The molecule has 9 heteroatoms. The zero-order valence-electron chi connectivity index (χ0n) is 18.3. The van der Waals surface area contributed by atoms with Crippen LogP contribution in [0.5, 0.6) is 17.2 Å². The van der Waals surface area contributed by atoms with Crippen LogP contribution in [0.4, 0.5) is 0 Å². The van der Waals surface area contributed by atoms with Gasteiger partial charge in [0.2, 0.25) is 0 Å². The fourth-order valence-corrected chi connectivity index (χ4v) is 4.11. The fourth-order valence-electron chi connectivity index (χ4n) is 3.10. The first kappa shape index (κ1) is 23.3. The van der Waals surface area contributed by atoms with Gasteiger partial charge >= 0.3 is 5.97 Å². The highest BCUT2D eigenvalue weighted by Crippen LogP contribution is 2.34. The second kappa shape index (κ2) is 11.3. The number of hydrogen-bond donors (Lipinski definition) is 1. The SMILES string of the molecule is COc1cc(OC)c(OC)cc1CNC(=O)COC(=O)CCCc1nc2ccccc2s1. The average Bonchev–Trinajstić information content (AvgIpc) is 3.23. The Labute approximate surface area is 190 Å². The summed E-state index contributed by atoms with van der Waals surface area (Å²) < 4.78 is 22.1. The number of nitrogens with zero attached hydrogens (tertiary/aromatic N) is 1. The lowest BCUT2D eigenvalue weighted by Crippen LogP contribution is -2.28. The van der Waals surface area contributed by atoms with E-state index in [9.17, 15) is 9.59 Å². The number of carbonyl (C=O) groups excluding carboxylic acids is 2. The Kier molecular flexibility index (Phi) is 8.27. The number of amides is 1. The topological polar surface area (TPSA) is 96.0 Å². The van der Waals surface area contributed by atoms with Gasteiger partial charge < -0.3 is 24.3 Å². The molecule has 0 saturated heterocycles. The first-order chi connectivity index (χ1) is 15.5. The number of ether oxygens (including phenoxy) is 4. The Morgan fingerprint density at radius 3 is 2.44 bits per heavy atom. The van der Waals surface area contributed by atoms with Crippen LogP contribution < -0.4 is 19.5 Å². The van der Waals surface area contributed by atoms with Crippen molar-refractivity contribution in [2.75, 3.05) is 27.9 Å². The highest BCUT2D eigenvalue weighted by Gasteiger charge is 2.14. The number of methoxy groups -OCH3 is 3. The van der Waals surface area contributed by atoms with Gasteiger partial charge in [0.1, 0.15) is 5.75 Å². The second-order valence-electron chi connectivity index (χ2n) is 6.89. The van der Waals surface area contributed by atoms with Gasteiger partial charge in [-0.05, 0) is 31.0 Å². The first-order valence-corrected chi connectivity index (χ1v) is 10.9.